The lowest BCUT2D eigenvalue weighted by Gasteiger charge is -2.29. The van der Waals surface area contributed by atoms with E-state index >= 15 is 0 Å². The minimum atomic E-state index is 0.265. The third-order valence-corrected chi connectivity index (χ3v) is 3.25. The van der Waals surface area contributed by atoms with Crippen LogP contribution in [-0.2, 0) is 0 Å². The van der Waals surface area contributed by atoms with E-state index in [2.05, 4.69) is 25.2 Å². The summed E-state index contributed by atoms with van der Waals surface area (Å²) in [5.74, 6) is 0.559. The van der Waals surface area contributed by atoms with Gasteiger partial charge in [0.1, 0.15) is 0 Å². The number of nitrogens with zero attached hydrogens (tertiary/aromatic N) is 5. The molecule has 0 aromatic carbocycles. The summed E-state index contributed by atoms with van der Waals surface area (Å²) in [4.78, 5) is 16.9. The van der Waals surface area contributed by atoms with Crippen LogP contribution in [0.25, 0.3) is 0 Å². The first-order valence-corrected chi connectivity index (χ1v) is 6.71. The highest BCUT2D eigenvalue weighted by molar-refractivity contribution is 5.30. The summed E-state index contributed by atoms with van der Waals surface area (Å²) in [6, 6.07) is 0.529. The summed E-state index contributed by atoms with van der Waals surface area (Å²) in [6.07, 6.45) is 0. The summed E-state index contributed by atoms with van der Waals surface area (Å²) in [7, 11) is 5.01. The third-order valence-electron chi connectivity index (χ3n) is 3.25. The average Bonchev–Trinajstić information content (AvgIpc) is 2.52. The second-order valence-corrected chi connectivity index (χ2v) is 4.62. The molecule has 0 amide bonds. The Balaban J connectivity index is 1.95. The number of anilines is 1. The molecule has 0 spiro atoms. The minimum absolute atomic E-state index is 0.265. The van der Waals surface area contributed by atoms with Crippen molar-refractivity contribution in [2.24, 2.45) is 0 Å². The molecule has 0 radical (unpaired) electrons. The van der Waals surface area contributed by atoms with Crippen LogP contribution < -0.4 is 19.7 Å². The maximum atomic E-state index is 5.05. The van der Waals surface area contributed by atoms with Gasteiger partial charge >= 0.3 is 12.0 Å². The summed E-state index contributed by atoms with van der Waals surface area (Å²) >= 11 is 0. The molecule has 1 saturated heterocycles. The van der Waals surface area contributed by atoms with Gasteiger partial charge in [-0.25, -0.2) is 0 Å². The fraction of sp³-hybridized carbons (Fsp3) is 0.750. The van der Waals surface area contributed by atoms with Gasteiger partial charge in [-0.2, -0.15) is 9.97 Å². The van der Waals surface area contributed by atoms with E-state index in [1.165, 1.54) is 14.2 Å². The van der Waals surface area contributed by atoms with Gasteiger partial charge in [-0.05, 0) is 0 Å². The molecule has 1 aliphatic heterocycles. The average molecular weight is 282 g/mol. The first-order chi connectivity index (χ1) is 9.72. The van der Waals surface area contributed by atoms with Gasteiger partial charge in [0.15, 0.2) is 0 Å². The number of hydrogen-bond acceptors (Lipinski definition) is 8. The summed E-state index contributed by atoms with van der Waals surface area (Å²) in [5.41, 5.74) is 0. The zero-order valence-corrected chi connectivity index (χ0v) is 12.3. The van der Waals surface area contributed by atoms with E-state index in [4.69, 9.17) is 9.47 Å². The summed E-state index contributed by atoms with van der Waals surface area (Å²) < 4.78 is 10.1. The highest BCUT2D eigenvalue weighted by Gasteiger charge is 2.14. The Bertz CT molecular complexity index is 402. The SMILES string of the molecule is COc1nc(OC)nc(N(C)CCN2CCNCC2)n1. The fourth-order valence-corrected chi connectivity index (χ4v) is 2.01. The number of rotatable bonds is 6. The van der Waals surface area contributed by atoms with Crippen LogP contribution >= 0.6 is 0 Å². The quantitative estimate of drug-likeness (QED) is 0.729. The zero-order valence-electron chi connectivity index (χ0n) is 12.3. The highest BCUT2D eigenvalue weighted by Crippen LogP contribution is 2.14. The van der Waals surface area contributed by atoms with Crippen molar-refractivity contribution in [2.75, 3.05) is 65.4 Å². The molecular formula is C12H22N6O2. The van der Waals surface area contributed by atoms with Crippen molar-refractivity contribution in [3.63, 3.8) is 0 Å². The number of methoxy groups -OCH3 is 2. The van der Waals surface area contributed by atoms with Crippen molar-refractivity contribution >= 4 is 5.95 Å². The van der Waals surface area contributed by atoms with Crippen LogP contribution in [0, 0.1) is 0 Å². The third kappa shape index (κ3) is 3.91. The summed E-state index contributed by atoms with van der Waals surface area (Å²) in [6.45, 7) is 6.09. The maximum Gasteiger partial charge on any atom is 0.324 e. The highest BCUT2D eigenvalue weighted by atomic mass is 16.5. The number of piperazine rings is 1. The molecule has 0 aliphatic carbocycles. The molecule has 0 saturated carbocycles. The molecule has 1 aromatic heterocycles. The van der Waals surface area contributed by atoms with Crippen molar-refractivity contribution < 1.29 is 9.47 Å². The fourth-order valence-electron chi connectivity index (χ4n) is 2.01. The van der Waals surface area contributed by atoms with Gasteiger partial charge in [0.2, 0.25) is 5.95 Å². The number of nitrogens with one attached hydrogen (secondary N) is 1. The lowest BCUT2D eigenvalue weighted by atomic mass is 10.3. The molecular weight excluding hydrogens is 260 g/mol. The second-order valence-electron chi connectivity index (χ2n) is 4.62. The molecule has 1 fully saturated rings. The Hall–Kier alpha value is -1.67. The van der Waals surface area contributed by atoms with E-state index < -0.39 is 0 Å². The van der Waals surface area contributed by atoms with Gasteiger partial charge in [-0.3, -0.25) is 4.90 Å². The van der Waals surface area contributed by atoms with Crippen molar-refractivity contribution in [2.45, 2.75) is 0 Å². The van der Waals surface area contributed by atoms with Crippen molar-refractivity contribution in [3.8, 4) is 12.0 Å². The molecule has 0 bridgehead atoms. The van der Waals surface area contributed by atoms with Crippen LogP contribution in [0.3, 0.4) is 0 Å². The minimum Gasteiger partial charge on any atom is -0.467 e. The van der Waals surface area contributed by atoms with E-state index in [1.54, 1.807) is 0 Å². The van der Waals surface area contributed by atoms with E-state index in [0.29, 0.717) is 5.95 Å². The number of ether oxygens (including phenoxy) is 2. The summed E-state index contributed by atoms with van der Waals surface area (Å²) in [5, 5.41) is 3.34. The Kier molecular flexibility index (Phi) is 5.31. The number of aromatic nitrogens is 3. The van der Waals surface area contributed by atoms with Gasteiger partial charge in [0.05, 0.1) is 14.2 Å². The van der Waals surface area contributed by atoms with Gasteiger partial charge in [-0.15, -0.1) is 4.98 Å². The van der Waals surface area contributed by atoms with Crippen LogP contribution in [0.2, 0.25) is 0 Å². The predicted molar refractivity (Wildman–Crippen MR) is 75.5 cm³/mol. The van der Waals surface area contributed by atoms with Crippen molar-refractivity contribution in [1.29, 1.82) is 0 Å². The Morgan fingerprint density at radius 3 is 2.25 bits per heavy atom. The Morgan fingerprint density at radius 1 is 1.10 bits per heavy atom. The monoisotopic (exact) mass is 282 g/mol. The smallest absolute Gasteiger partial charge is 0.324 e. The Morgan fingerprint density at radius 2 is 1.70 bits per heavy atom. The molecule has 1 N–H and O–H groups in total. The molecule has 2 rings (SSSR count). The standard InChI is InChI=1S/C12H22N6O2/c1-17(8-9-18-6-4-13-5-7-18)10-14-11(19-2)16-12(15-10)20-3/h13H,4-9H2,1-3H3. The van der Waals surface area contributed by atoms with E-state index in [0.717, 1.165) is 39.3 Å². The molecule has 2 heterocycles. The predicted octanol–water partition coefficient (Wildman–Crippen LogP) is -0.770. The molecule has 0 atom stereocenters. The molecule has 112 valence electrons. The normalized spacial score (nSPS) is 15.9. The second kappa shape index (κ2) is 7.20. The van der Waals surface area contributed by atoms with Gasteiger partial charge in [-0.1, -0.05) is 0 Å². The van der Waals surface area contributed by atoms with E-state index in [1.807, 2.05) is 11.9 Å². The van der Waals surface area contributed by atoms with Crippen LogP contribution in [0.4, 0.5) is 5.95 Å². The van der Waals surface area contributed by atoms with Crippen LogP contribution in [0.15, 0.2) is 0 Å². The van der Waals surface area contributed by atoms with E-state index in [-0.39, 0.29) is 12.0 Å². The lowest BCUT2D eigenvalue weighted by Crippen LogP contribution is -2.46. The number of hydrogen-bond donors (Lipinski definition) is 1. The van der Waals surface area contributed by atoms with Gasteiger partial charge in [0.25, 0.3) is 0 Å². The van der Waals surface area contributed by atoms with Gasteiger partial charge in [0, 0.05) is 46.3 Å². The largest absolute Gasteiger partial charge is 0.467 e. The zero-order chi connectivity index (χ0) is 14.4. The first-order valence-electron chi connectivity index (χ1n) is 6.71. The Labute approximate surface area is 119 Å². The molecule has 0 unspecified atom stereocenters. The maximum absolute atomic E-state index is 5.05. The first kappa shape index (κ1) is 14.7. The van der Waals surface area contributed by atoms with E-state index in [9.17, 15) is 0 Å². The topological polar surface area (TPSA) is 75.6 Å². The number of likely N-dealkylation sites (N-methyl/N-ethyl adjacent to an activating group) is 1. The van der Waals surface area contributed by atoms with Crippen LogP contribution in [0.5, 0.6) is 12.0 Å². The van der Waals surface area contributed by atoms with Crippen LogP contribution in [-0.4, -0.2) is 80.4 Å². The molecule has 8 nitrogen and oxygen atoms in total. The van der Waals surface area contributed by atoms with Crippen molar-refractivity contribution in [1.82, 2.24) is 25.2 Å². The molecule has 8 heteroatoms. The molecule has 1 aliphatic rings. The van der Waals surface area contributed by atoms with Crippen LogP contribution in [0.1, 0.15) is 0 Å². The van der Waals surface area contributed by atoms with Gasteiger partial charge < -0.3 is 19.7 Å². The van der Waals surface area contributed by atoms with Crippen molar-refractivity contribution in [3.05, 3.63) is 0 Å². The molecule has 20 heavy (non-hydrogen) atoms. The lowest BCUT2D eigenvalue weighted by molar-refractivity contribution is 0.246. The molecule has 1 aromatic rings.